The van der Waals surface area contributed by atoms with Crippen LogP contribution in [-0.2, 0) is 14.4 Å². The minimum atomic E-state index is -1.73. The molecule has 9 heteroatoms. The molecule has 2 fully saturated rings. The number of amides is 2. The molecular weight excluding hydrogens is 419 g/mol. The molecular formula is C20H16Cl2N2O5. The molecule has 2 aromatic carbocycles. The standard InChI is InChI=1S/C20H16Cl2N2O5/c1-20(19(28)29)14-13(15(23-20)11-7-9(21)8-12(22)16(11)25)17(26)24(18(14)27)10-5-3-2-4-6-10/h2-8,13-15,23,25H,1H3,(H,28,29)/t13-,14-,15+,20-/m0/s1. The van der Waals surface area contributed by atoms with E-state index in [0.717, 1.165) is 4.90 Å². The van der Waals surface area contributed by atoms with E-state index in [2.05, 4.69) is 5.32 Å². The molecule has 2 amide bonds. The third-order valence-corrected chi connectivity index (χ3v) is 6.15. The first kappa shape index (κ1) is 19.7. The molecule has 2 heterocycles. The second-order valence-corrected chi connectivity index (χ2v) is 8.15. The first-order valence-corrected chi connectivity index (χ1v) is 9.54. The predicted molar refractivity (Wildman–Crippen MR) is 106 cm³/mol. The molecule has 3 N–H and O–H groups in total. The molecule has 2 saturated heterocycles. The van der Waals surface area contributed by atoms with E-state index in [1.54, 1.807) is 30.3 Å². The van der Waals surface area contributed by atoms with E-state index in [-0.39, 0.29) is 21.4 Å². The van der Waals surface area contributed by atoms with Crippen molar-refractivity contribution in [2.45, 2.75) is 18.5 Å². The third kappa shape index (κ3) is 2.80. The maximum Gasteiger partial charge on any atom is 0.324 e. The van der Waals surface area contributed by atoms with E-state index in [4.69, 9.17) is 23.2 Å². The van der Waals surface area contributed by atoms with Crippen LogP contribution in [0.3, 0.4) is 0 Å². The van der Waals surface area contributed by atoms with Gasteiger partial charge in [0.1, 0.15) is 11.3 Å². The van der Waals surface area contributed by atoms with Crippen molar-refractivity contribution in [1.82, 2.24) is 5.32 Å². The maximum atomic E-state index is 13.3. The molecule has 0 spiro atoms. The van der Waals surface area contributed by atoms with Crippen LogP contribution < -0.4 is 10.2 Å². The number of carbonyl (C=O) groups is 3. The van der Waals surface area contributed by atoms with Crippen LogP contribution in [0, 0.1) is 11.8 Å². The molecule has 0 saturated carbocycles. The number of phenolic OH excluding ortho intramolecular Hbond substituents is 1. The fourth-order valence-corrected chi connectivity index (χ4v) is 4.77. The Bertz CT molecular complexity index is 1040. The van der Waals surface area contributed by atoms with E-state index in [1.165, 1.54) is 19.1 Å². The van der Waals surface area contributed by atoms with Gasteiger partial charge in [0.25, 0.3) is 0 Å². The summed E-state index contributed by atoms with van der Waals surface area (Å²) in [5, 5.41) is 23.4. The number of carboxylic acid groups (broad SMARTS) is 1. The number of hydrogen-bond acceptors (Lipinski definition) is 5. The van der Waals surface area contributed by atoms with Gasteiger partial charge in [0.2, 0.25) is 11.8 Å². The Labute approximate surface area is 175 Å². The van der Waals surface area contributed by atoms with Crippen LogP contribution in [0.2, 0.25) is 10.0 Å². The van der Waals surface area contributed by atoms with Crippen LogP contribution in [-0.4, -0.2) is 33.5 Å². The normalized spacial score (nSPS) is 28.7. The van der Waals surface area contributed by atoms with Gasteiger partial charge in [-0.1, -0.05) is 41.4 Å². The Balaban J connectivity index is 1.88. The number of phenols is 1. The van der Waals surface area contributed by atoms with Crippen molar-refractivity contribution in [3.8, 4) is 5.75 Å². The Hall–Kier alpha value is -2.61. The fraction of sp³-hybridized carbons (Fsp3) is 0.250. The zero-order chi connectivity index (χ0) is 21.1. The summed E-state index contributed by atoms with van der Waals surface area (Å²) in [6.07, 6.45) is 0. The lowest BCUT2D eigenvalue weighted by molar-refractivity contribution is -0.147. The number of benzene rings is 2. The minimum absolute atomic E-state index is 0.0357. The maximum absolute atomic E-state index is 13.3. The predicted octanol–water partition coefficient (Wildman–Crippen LogP) is 2.99. The van der Waals surface area contributed by atoms with E-state index in [1.807, 2.05) is 0 Å². The molecule has 0 aromatic heterocycles. The fourth-order valence-electron chi connectivity index (χ4n) is 4.26. The SMILES string of the molecule is C[C@]1(C(=O)O)N[C@H](c2cc(Cl)cc(Cl)c2O)[C@H]2C(=O)N(c3ccccc3)C(=O)[C@H]21. The highest BCUT2D eigenvalue weighted by Crippen LogP contribution is 2.52. The Morgan fingerprint density at radius 3 is 2.41 bits per heavy atom. The van der Waals surface area contributed by atoms with Gasteiger partial charge in [-0.3, -0.25) is 19.7 Å². The lowest BCUT2D eigenvalue weighted by Gasteiger charge is -2.27. The van der Waals surface area contributed by atoms with E-state index in [0.29, 0.717) is 5.69 Å². The van der Waals surface area contributed by atoms with Crippen molar-refractivity contribution >= 4 is 46.7 Å². The lowest BCUT2D eigenvalue weighted by Crippen LogP contribution is -2.53. The van der Waals surface area contributed by atoms with Crippen LogP contribution in [0.1, 0.15) is 18.5 Å². The monoisotopic (exact) mass is 434 g/mol. The minimum Gasteiger partial charge on any atom is -0.506 e. The number of rotatable bonds is 3. The van der Waals surface area contributed by atoms with Gasteiger partial charge in [0.05, 0.1) is 22.5 Å². The molecule has 2 aliphatic rings. The summed E-state index contributed by atoms with van der Waals surface area (Å²) >= 11 is 12.1. The van der Waals surface area contributed by atoms with Gasteiger partial charge in [0.15, 0.2) is 0 Å². The van der Waals surface area contributed by atoms with Gasteiger partial charge in [-0.25, -0.2) is 4.90 Å². The highest BCUT2D eigenvalue weighted by molar-refractivity contribution is 6.35. The summed E-state index contributed by atoms with van der Waals surface area (Å²) in [6, 6.07) is 10.1. The number of para-hydroxylation sites is 1. The molecule has 2 aromatic rings. The molecule has 4 rings (SSSR count). The molecule has 0 bridgehead atoms. The molecule has 29 heavy (non-hydrogen) atoms. The Kier molecular flexibility index (Phi) is 4.57. The topological polar surface area (TPSA) is 107 Å². The highest BCUT2D eigenvalue weighted by atomic mass is 35.5. The van der Waals surface area contributed by atoms with Crippen molar-refractivity contribution in [2.24, 2.45) is 11.8 Å². The smallest absolute Gasteiger partial charge is 0.324 e. The number of nitrogens with zero attached hydrogens (tertiary/aromatic N) is 1. The summed E-state index contributed by atoms with van der Waals surface area (Å²) in [7, 11) is 0. The molecule has 150 valence electrons. The number of aliphatic carboxylic acids is 1. The Morgan fingerprint density at radius 2 is 1.79 bits per heavy atom. The quantitative estimate of drug-likeness (QED) is 0.640. The zero-order valence-electron chi connectivity index (χ0n) is 15.1. The van der Waals surface area contributed by atoms with Crippen molar-refractivity contribution in [2.75, 3.05) is 4.90 Å². The number of fused-ring (bicyclic) bond motifs is 1. The number of aromatic hydroxyl groups is 1. The summed E-state index contributed by atoms with van der Waals surface area (Å²) in [4.78, 5) is 39.6. The zero-order valence-corrected chi connectivity index (χ0v) is 16.6. The molecule has 0 aliphatic carbocycles. The second kappa shape index (κ2) is 6.73. The van der Waals surface area contributed by atoms with Gasteiger partial charge >= 0.3 is 5.97 Å². The first-order chi connectivity index (χ1) is 13.7. The molecule has 2 aliphatic heterocycles. The van der Waals surface area contributed by atoms with Gasteiger partial charge in [-0.15, -0.1) is 0 Å². The van der Waals surface area contributed by atoms with Crippen molar-refractivity contribution in [1.29, 1.82) is 0 Å². The summed E-state index contributed by atoms with van der Waals surface area (Å²) in [5.74, 6) is -4.99. The largest absolute Gasteiger partial charge is 0.506 e. The van der Waals surface area contributed by atoms with Gasteiger partial charge < -0.3 is 10.2 Å². The molecule has 4 atom stereocenters. The van der Waals surface area contributed by atoms with Gasteiger partial charge in [-0.2, -0.15) is 0 Å². The summed E-state index contributed by atoms with van der Waals surface area (Å²) in [6.45, 7) is 1.36. The van der Waals surface area contributed by atoms with Crippen molar-refractivity contribution in [3.05, 3.63) is 58.1 Å². The van der Waals surface area contributed by atoms with Crippen LogP contribution in [0.5, 0.6) is 5.75 Å². The number of hydrogen-bond donors (Lipinski definition) is 3. The number of imide groups is 1. The number of carboxylic acids is 1. The van der Waals surface area contributed by atoms with Crippen LogP contribution in [0.25, 0.3) is 0 Å². The average molecular weight is 435 g/mol. The van der Waals surface area contributed by atoms with Gasteiger partial charge in [0, 0.05) is 16.6 Å². The number of halogens is 2. The average Bonchev–Trinajstić information content (AvgIpc) is 3.13. The van der Waals surface area contributed by atoms with E-state index >= 15 is 0 Å². The highest BCUT2D eigenvalue weighted by Gasteiger charge is 2.67. The number of nitrogens with one attached hydrogen (secondary N) is 1. The van der Waals surface area contributed by atoms with Crippen LogP contribution in [0.15, 0.2) is 42.5 Å². The van der Waals surface area contributed by atoms with Crippen LogP contribution in [0.4, 0.5) is 5.69 Å². The van der Waals surface area contributed by atoms with Gasteiger partial charge in [-0.05, 0) is 31.2 Å². The van der Waals surface area contributed by atoms with Crippen molar-refractivity contribution in [3.63, 3.8) is 0 Å². The number of anilines is 1. The summed E-state index contributed by atoms with van der Waals surface area (Å²) < 4.78 is 0. The first-order valence-electron chi connectivity index (χ1n) is 8.78. The van der Waals surface area contributed by atoms with Crippen molar-refractivity contribution < 1.29 is 24.6 Å². The number of carbonyl (C=O) groups excluding carboxylic acids is 2. The molecule has 7 nitrogen and oxygen atoms in total. The third-order valence-electron chi connectivity index (χ3n) is 5.64. The Morgan fingerprint density at radius 1 is 1.14 bits per heavy atom. The van der Waals surface area contributed by atoms with Crippen LogP contribution >= 0.6 is 23.2 Å². The molecule has 0 radical (unpaired) electrons. The summed E-state index contributed by atoms with van der Waals surface area (Å²) in [5.41, 5.74) is -1.21. The lowest BCUT2D eigenvalue weighted by atomic mass is 9.80. The second-order valence-electron chi connectivity index (χ2n) is 7.31. The van der Waals surface area contributed by atoms with E-state index in [9.17, 15) is 24.6 Å². The van der Waals surface area contributed by atoms with E-state index < -0.39 is 41.2 Å². The molecule has 0 unspecified atom stereocenters.